The normalized spacial score (nSPS) is 7.60. The van der Waals surface area contributed by atoms with Crippen molar-refractivity contribution in [1.82, 2.24) is 0 Å². The molecule has 0 aliphatic heterocycles. The van der Waals surface area contributed by atoms with Crippen LogP contribution in [0.25, 0.3) is 0 Å². The molecule has 86 valence electrons. The molecule has 4 nitrogen and oxygen atoms in total. The maximum absolute atomic E-state index is 4.99. The van der Waals surface area contributed by atoms with Crippen molar-refractivity contribution in [3.8, 4) is 0 Å². The quantitative estimate of drug-likeness (QED) is 0.582. The van der Waals surface area contributed by atoms with Crippen LogP contribution in [0.5, 0.6) is 0 Å². The molecule has 0 bridgehead atoms. The summed E-state index contributed by atoms with van der Waals surface area (Å²) in [6.07, 6.45) is 1.91. The van der Waals surface area contributed by atoms with Gasteiger partial charge in [-0.15, -0.1) is 0 Å². The van der Waals surface area contributed by atoms with Crippen LogP contribution in [0.3, 0.4) is 0 Å². The van der Waals surface area contributed by atoms with Gasteiger partial charge in [0.2, 0.25) is 0 Å². The molecule has 4 N–H and O–H groups in total. The molecular formula is C8H19KN2O2S2. The van der Waals surface area contributed by atoms with Crippen LogP contribution in [0.4, 0.5) is 0 Å². The molecule has 0 aromatic rings. The molecule has 0 saturated heterocycles. The molecular weight excluding hydrogens is 259 g/mol. The second-order valence-corrected chi connectivity index (χ2v) is 3.14. The molecule has 0 unspecified atom stereocenters. The van der Waals surface area contributed by atoms with Gasteiger partial charge < -0.3 is 20.9 Å². The van der Waals surface area contributed by atoms with Crippen LogP contribution < -0.4 is 11.5 Å². The first kappa shape index (κ1) is 21.3. The Kier molecular flexibility index (Phi) is 24.7. The van der Waals surface area contributed by atoms with Gasteiger partial charge in [-0.25, -0.2) is 0 Å². The first-order valence-electron chi connectivity index (χ1n) is 4.39. The zero-order chi connectivity index (χ0) is 11.4. The van der Waals surface area contributed by atoms with Gasteiger partial charge in [0.1, 0.15) is 0 Å². The number of ether oxygens (including phenoxy) is 2. The standard InChI is InChI=1S/2C4H9NOS.K.H/c2*1-2-3-6-4(5)7;;/h2*2-3H2,1H3,(H2,5,7);;. The second kappa shape index (κ2) is 17.4. The van der Waals surface area contributed by atoms with Crippen molar-refractivity contribution in [3.05, 3.63) is 0 Å². The number of hydrogen-bond acceptors (Lipinski definition) is 4. The second-order valence-electron chi connectivity index (χ2n) is 2.33. The fourth-order valence-corrected chi connectivity index (χ4v) is 0.572. The van der Waals surface area contributed by atoms with E-state index in [1.807, 2.05) is 13.8 Å². The predicted octanol–water partition coefficient (Wildman–Crippen LogP) is 0.665. The van der Waals surface area contributed by atoms with Gasteiger partial charge in [-0.1, -0.05) is 13.8 Å². The van der Waals surface area contributed by atoms with E-state index in [1.165, 1.54) is 0 Å². The minimum absolute atomic E-state index is 0. The van der Waals surface area contributed by atoms with Crippen LogP contribution in [-0.2, 0) is 9.47 Å². The Labute approximate surface area is 145 Å². The van der Waals surface area contributed by atoms with E-state index in [9.17, 15) is 0 Å². The van der Waals surface area contributed by atoms with Crippen molar-refractivity contribution in [2.24, 2.45) is 11.5 Å². The van der Waals surface area contributed by atoms with E-state index in [-0.39, 0.29) is 61.7 Å². The van der Waals surface area contributed by atoms with Crippen LogP contribution in [0.1, 0.15) is 26.7 Å². The molecule has 7 heteroatoms. The number of nitrogens with two attached hydrogens (primary N) is 2. The van der Waals surface area contributed by atoms with Crippen molar-refractivity contribution < 1.29 is 9.47 Å². The van der Waals surface area contributed by atoms with E-state index in [2.05, 4.69) is 24.4 Å². The van der Waals surface area contributed by atoms with E-state index in [0.29, 0.717) is 13.2 Å². The van der Waals surface area contributed by atoms with E-state index < -0.39 is 0 Å². The summed E-state index contributed by atoms with van der Waals surface area (Å²) >= 11 is 8.83. The summed E-state index contributed by atoms with van der Waals surface area (Å²) in [4.78, 5) is 0. The van der Waals surface area contributed by atoms with E-state index in [4.69, 9.17) is 20.9 Å². The van der Waals surface area contributed by atoms with Crippen molar-refractivity contribution in [2.75, 3.05) is 13.2 Å². The van der Waals surface area contributed by atoms with Crippen LogP contribution in [0.15, 0.2) is 0 Å². The Bertz CT molecular complexity index is 153. The molecule has 0 spiro atoms. The molecule has 0 rings (SSSR count). The topological polar surface area (TPSA) is 70.5 Å². The molecule has 0 aromatic heterocycles. The first-order chi connectivity index (χ1) is 6.54. The Morgan fingerprint density at radius 1 is 0.933 bits per heavy atom. The molecule has 0 aromatic carbocycles. The first-order valence-corrected chi connectivity index (χ1v) is 5.20. The summed E-state index contributed by atoms with van der Waals surface area (Å²) in [6.45, 7) is 5.27. The van der Waals surface area contributed by atoms with Crippen LogP contribution in [0, 0.1) is 0 Å². The number of rotatable bonds is 4. The molecule has 0 atom stereocenters. The third-order valence-corrected chi connectivity index (χ3v) is 1.13. The monoisotopic (exact) mass is 278 g/mol. The number of thiocarbonyl (C=S) groups is 2. The molecule has 0 aliphatic carbocycles. The van der Waals surface area contributed by atoms with Crippen LogP contribution in [-0.4, -0.2) is 74.9 Å². The fourth-order valence-electron chi connectivity index (χ4n) is 0.405. The van der Waals surface area contributed by atoms with Gasteiger partial charge >= 0.3 is 51.4 Å². The molecule has 0 amide bonds. The maximum atomic E-state index is 4.99. The SMILES string of the molecule is CCCOC(N)=S.CCCOC(N)=S.[KH]. The fraction of sp³-hybridized carbons (Fsp3) is 0.750. The van der Waals surface area contributed by atoms with Gasteiger partial charge in [0, 0.05) is 0 Å². The van der Waals surface area contributed by atoms with Gasteiger partial charge in [0.25, 0.3) is 10.3 Å². The summed E-state index contributed by atoms with van der Waals surface area (Å²) in [7, 11) is 0. The Balaban J connectivity index is -0.000000180. The summed E-state index contributed by atoms with van der Waals surface area (Å²) in [5.41, 5.74) is 9.98. The molecule has 0 aliphatic rings. The van der Waals surface area contributed by atoms with Gasteiger partial charge in [-0.3, -0.25) is 0 Å². The molecule has 0 heterocycles. The van der Waals surface area contributed by atoms with E-state index in [1.54, 1.807) is 0 Å². The Morgan fingerprint density at radius 3 is 1.27 bits per heavy atom. The molecule has 15 heavy (non-hydrogen) atoms. The average Bonchev–Trinajstić information content (AvgIpc) is 2.12. The Hall–Kier alpha value is 1.02. The van der Waals surface area contributed by atoms with E-state index in [0.717, 1.165) is 12.8 Å². The predicted molar refractivity (Wildman–Crippen MR) is 73.2 cm³/mol. The van der Waals surface area contributed by atoms with Gasteiger partial charge in [-0.05, 0) is 37.3 Å². The Morgan fingerprint density at radius 2 is 1.20 bits per heavy atom. The van der Waals surface area contributed by atoms with Crippen LogP contribution >= 0.6 is 24.4 Å². The van der Waals surface area contributed by atoms with Gasteiger partial charge in [0.05, 0.1) is 13.2 Å². The third kappa shape index (κ3) is 31.3. The van der Waals surface area contributed by atoms with Crippen molar-refractivity contribution in [1.29, 1.82) is 0 Å². The average molecular weight is 278 g/mol. The summed E-state index contributed by atoms with van der Waals surface area (Å²) < 4.78 is 9.40. The van der Waals surface area contributed by atoms with Gasteiger partial charge in [-0.2, -0.15) is 0 Å². The zero-order valence-corrected chi connectivity index (χ0v) is 10.2. The van der Waals surface area contributed by atoms with Crippen LogP contribution in [0.2, 0.25) is 0 Å². The number of hydrogen-bond donors (Lipinski definition) is 2. The third-order valence-electron chi connectivity index (χ3n) is 0.897. The van der Waals surface area contributed by atoms with Crippen molar-refractivity contribution in [3.63, 3.8) is 0 Å². The molecule has 0 radical (unpaired) electrons. The van der Waals surface area contributed by atoms with Crippen molar-refractivity contribution in [2.45, 2.75) is 26.7 Å². The zero-order valence-electron chi connectivity index (χ0n) is 8.62. The van der Waals surface area contributed by atoms with Gasteiger partial charge in [0.15, 0.2) is 0 Å². The summed E-state index contributed by atoms with van der Waals surface area (Å²) in [6, 6.07) is 0. The van der Waals surface area contributed by atoms with E-state index >= 15 is 0 Å². The molecule has 0 fully saturated rings. The molecule has 0 saturated carbocycles. The summed E-state index contributed by atoms with van der Waals surface area (Å²) in [5.74, 6) is 0. The van der Waals surface area contributed by atoms with Crippen molar-refractivity contribution >= 4 is 86.2 Å². The summed E-state index contributed by atoms with van der Waals surface area (Å²) in [5, 5.41) is 0.281. The minimum atomic E-state index is 0.